The molecule has 2 aromatic carbocycles. The van der Waals surface area contributed by atoms with Crippen LogP contribution in [0, 0.1) is 11.7 Å². The van der Waals surface area contributed by atoms with E-state index in [1.54, 1.807) is 0 Å². The number of piperidine rings is 1. The Morgan fingerprint density at radius 3 is 2.71 bits per heavy atom. The van der Waals surface area contributed by atoms with E-state index in [2.05, 4.69) is 15.1 Å². The molecule has 3 heterocycles. The number of nitrogens with one attached hydrogen (secondary N) is 1. The monoisotopic (exact) mass is 475 g/mol. The fraction of sp³-hybridized carbons (Fsp3) is 0.538. The lowest BCUT2D eigenvalue weighted by Gasteiger charge is -2.41. The van der Waals surface area contributed by atoms with Crippen molar-refractivity contribution in [1.82, 2.24) is 4.90 Å². The van der Waals surface area contributed by atoms with E-state index in [0.29, 0.717) is 30.9 Å². The lowest BCUT2D eigenvalue weighted by molar-refractivity contribution is -0.139. The van der Waals surface area contributed by atoms with Crippen molar-refractivity contribution < 1.29 is 22.3 Å². The smallest absolute Gasteiger partial charge is 0.375 e. The first-order chi connectivity index (χ1) is 16.4. The number of hydrogen-bond acceptors (Lipinski definition) is 4. The molecule has 0 bridgehead atoms. The molecule has 2 aromatic rings. The van der Waals surface area contributed by atoms with Crippen LogP contribution >= 0.6 is 0 Å². The minimum absolute atomic E-state index is 0.168. The summed E-state index contributed by atoms with van der Waals surface area (Å²) in [5, 5.41) is 2.94. The van der Waals surface area contributed by atoms with E-state index in [1.165, 1.54) is 42.6 Å². The zero-order valence-corrected chi connectivity index (χ0v) is 19.0. The maximum absolute atomic E-state index is 14.7. The van der Waals surface area contributed by atoms with Gasteiger partial charge < -0.3 is 19.9 Å². The number of nitrogens with zero attached hydrogens (tertiary/aromatic N) is 2. The van der Waals surface area contributed by atoms with Crippen LogP contribution in [0.25, 0.3) is 0 Å². The second-order valence-electron chi connectivity index (χ2n) is 10.1. The number of halogens is 4. The SMILES string of the molecule is Fc1c(Nc2cc3c4c(c2)[C@@H]2CN(CC5CCC5)CC[C@@H]2N4CCOC3)cccc1C(F)(F)F. The molecule has 0 spiro atoms. The molecule has 6 rings (SSSR count). The summed E-state index contributed by atoms with van der Waals surface area (Å²) >= 11 is 0. The number of fused-ring (bicyclic) bond motifs is 3. The molecule has 2 fully saturated rings. The van der Waals surface area contributed by atoms with Gasteiger partial charge in [0, 0.05) is 55.1 Å². The first-order valence-electron chi connectivity index (χ1n) is 12.2. The molecular weight excluding hydrogens is 446 g/mol. The van der Waals surface area contributed by atoms with Crippen LogP contribution in [-0.4, -0.2) is 43.7 Å². The summed E-state index contributed by atoms with van der Waals surface area (Å²) in [7, 11) is 0. The van der Waals surface area contributed by atoms with Gasteiger partial charge in [0.05, 0.1) is 24.5 Å². The third kappa shape index (κ3) is 3.85. The Balaban J connectivity index is 1.34. The second kappa shape index (κ2) is 8.41. The van der Waals surface area contributed by atoms with Crippen molar-refractivity contribution in [2.24, 2.45) is 5.92 Å². The molecule has 0 unspecified atom stereocenters. The fourth-order valence-corrected chi connectivity index (χ4v) is 6.22. The third-order valence-corrected chi connectivity index (χ3v) is 8.02. The average molecular weight is 476 g/mol. The maximum Gasteiger partial charge on any atom is 0.419 e. The van der Waals surface area contributed by atoms with Gasteiger partial charge in [0.1, 0.15) is 0 Å². The number of anilines is 3. The van der Waals surface area contributed by atoms with Crippen LogP contribution in [0.2, 0.25) is 0 Å². The van der Waals surface area contributed by atoms with Crippen LogP contribution in [0.3, 0.4) is 0 Å². The summed E-state index contributed by atoms with van der Waals surface area (Å²) in [4.78, 5) is 5.07. The lowest BCUT2D eigenvalue weighted by atomic mass is 9.83. The molecule has 0 amide bonds. The average Bonchev–Trinajstić information content (AvgIpc) is 2.92. The third-order valence-electron chi connectivity index (χ3n) is 8.02. The number of benzene rings is 2. The van der Waals surface area contributed by atoms with Crippen LogP contribution < -0.4 is 10.2 Å². The van der Waals surface area contributed by atoms with Gasteiger partial charge in [0.15, 0.2) is 5.82 Å². The summed E-state index contributed by atoms with van der Waals surface area (Å²) in [6.45, 7) is 5.19. The molecule has 3 aliphatic heterocycles. The minimum atomic E-state index is -4.74. The van der Waals surface area contributed by atoms with E-state index in [0.717, 1.165) is 50.1 Å². The summed E-state index contributed by atoms with van der Waals surface area (Å²) in [5.74, 6) is -0.122. The predicted octanol–water partition coefficient (Wildman–Crippen LogP) is 5.90. The minimum Gasteiger partial charge on any atom is -0.375 e. The Kier molecular flexibility index (Phi) is 5.48. The molecule has 4 nitrogen and oxygen atoms in total. The predicted molar refractivity (Wildman–Crippen MR) is 123 cm³/mol. The molecule has 34 heavy (non-hydrogen) atoms. The van der Waals surface area contributed by atoms with Gasteiger partial charge in [-0.1, -0.05) is 12.5 Å². The van der Waals surface area contributed by atoms with Crippen LogP contribution in [-0.2, 0) is 17.5 Å². The quantitative estimate of drug-likeness (QED) is 0.558. The molecule has 4 aliphatic rings. The highest BCUT2D eigenvalue weighted by molar-refractivity contribution is 5.74. The van der Waals surface area contributed by atoms with Crippen molar-refractivity contribution in [3.05, 3.63) is 52.8 Å². The Morgan fingerprint density at radius 2 is 1.94 bits per heavy atom. The highest BCUT2D eigenvalue weighted by atomic mass is 19.4. The zero-order chi connectivity index (χ0) is 23.4. The highest BCUT2D eigenvalue weighted by Gasteiger charge is 2.44. The molecule has 1 aliphatic carbocycles. The van der Waals surface area contributed by atoms with Gasteiger partial charge in [-0.2, -0.15) is 13.2 Å². The number of likely N-dealkylation sites (tertiary alicyclic amines) is 1. The largest absolute Gasteiger partial charge is 0.419 e. The molecule has 1 N–H and O–H groups in total. The molecule has 8 heteroatoms. The van der Waals surface area contributed by atoms with Gasteiger partial charge in [0.25, 0.3) is 0 Å². The summed E-state index contributed by atoms with van der Waals surface area (Å²) < 4.78 is 60.2. The van der Waals surface area contributed by atoms with Crippen molar-refractivity contribution >= 4 is 17.1 Å². The molecular formula is C26H29F4N3O. The van der Waals surface area contributed by atoms with Crippen molar-refractivity contribution in [1.29, 1.82) is 0 Å². The van der Waals surface area contributed by atoms with Crippen LogP contribution in [0.1, 0.15) is 48.3 Å². The van der Waals surface area contributed by atoms with Crippen molar-refractivity contribution in [2.75, 3.05) is 43.0 Å². The maximum atomic E-state index is 14.7. The number of hydrogen-bond donors (Lipinski definition) is 1. The van der Waals surface area contributed by atoms with E-state index < -0.39 is 17.6 Å². The summed E-state index contributed by atoms with van der Waals surface area (Å²) in [6, 6.07) is 7.69. The Hall–Kier alpha value is -2.32. The topological polar surface area (TPSA) is 27.7 Å². The van der Waals surface area contributed by atoms with E-state index in [9.17, 15) is 17.6 Å². The number of alkyl halides is 3. The van der Waals surface area contributed by atoms with E-state index >= 15 is 0 Å². The summed E-state index contributed by atoms with van der Waals surface area (Å²) in [6.07, 6.45) is 0.343. The molecule has 182 valence electrons. The van der Waals surface area contributed by atoms with Crippen molar-refractivity contribution in [3.63, 3.8) is 0 Å². The van der Waals surface area contributed by atoms with Gasteiger partial charge in [-0.3, -0.25) is 0 Å². The van der Waals surface area contributed by atoms with Gasteiger partial charge in [-0.05, 0) is 55.0 Å². The highest BCUT2D eigenvalue weighted by Crippen LogP contribution is 2.49. The Bertz CT molecular complexity index is 1080. The Morgan fingerprint density at radius 1 is 1.09 bits per heavy atom. The molecule has 0 aromatic heterocycles. The normalized spacial score (nSPS) is 24.9. The van der Waals surface area contributed by atoms with Crippen LogP contribution in [0.5, 0.6) is 0 Å². The summed E-state index contributed by atoms with van der Waals surface area (Å²) in [5.41, 5.74) is 2.62. The second-order valence-corrected chi connectivity index (χ2v) is 10.1. The van der Waals surface area contributed by atoms with Crippen LogP contribution in [0.15, 0.2) is 30.3 Å². The van der Waals surface area contributed by atoms with Crippen molar-refractivity contribution in [3.8, 4) is 0 Å². The first-order valence-corrected chi connectivity index (χ1v) is 12.2. The van der Waals surface area contributed by atoms with E-state index in [4.69, 9.17) is 4.74 Å². The standard InChI is InChI=1S/C26H29F4N3O/c27-24-21(26(28,29)30)5-2-6-22(24)31-18-11-17-15-34-10-9-33-23-7-8-32(13-16-3-1-4-16)14-20(23)19(12-18)25(17)33/h2,5-6,11-12,16,20,23,31H,1,3-4,7-10,13-15H2/t20-,23-/m0/s1. The Labute approximate surface area is 196 Å². The zero-order valence-electron chi connectivity index (χ0n) is 19.0. The molecule has 0 radical (unpaired) electrons. The van der Waals surface area contributed by atoms with E-state index in [1.807, 2.05) is 12.1 Å². The van der Waals surface area contributed by atoms with Gasteiger partial charge >= 0.3 is 6.18 Å². The fourth-order valence-electron chi connectivity index (χ4n) is 6.22. The first kappa shape index (κ1) is 22.2. The van der Waals surface area contributed by atoms with Crippen molar-refractivity contribution in [2.45, 2.75) is 50.4 Å². The number of rotatable bonds is 4. The van der Waals surface area contributed by atoms with Gasteiger partial charge in [-0.25, -0.2) is 4.39 Å². The van der Waals surface area contributed by atoms with Crippen LogP contribution in [0.4, 0.5) is 34.6 Å². The molecule has 1 saturated carbocycles. The number of ether oxygens (including phenoxy) is 1. The van der Waals surface area contributed by atoms with E-state index in [-0.39, 0.29) is 5.69 Å². The lowest BCUT2D eigenvalue weighted by Crippen LogP contribution is -2.48. The molecule has 2 atom stereocenters. The van der Waals surface area contributed by atoms with Gasteiger partial charge in [-0.15, -0.1) is 0 Å². The molecule has 1 saturated heterocycles. The van der Waals surface area contributed by atoms with Gasteiger partial charge in [0.2, 0.25) is 0 Å².